The number of nitrogens with zero attached hydrogens (tertiary/aromatic N) is 2. The molecule has 0 amide bonds. The topological polar surface area (TPSA) is 36.3 Å². The van der Waals surface area contributed by atoms with Crippen molar-refractivity contribution >= 4 is 0 Å². The molecular formula is C17H22N2O. The van der Waals surface area contributed by atoms with Crippen molar-refractivity contribution < 1.29 is 4.74 Å². The van der Waals surface area contributed by atoms with Gasteiger partial charge >= 0.3 is 0 Å². The highest BCUT2D eigenvalue weighted by Gasteiger charge is 2.27. The van der Waals surface area contributed by atoms with Crippen LogP contribution in [0.2, 0.25) is 0 Å². The molecule has 0 unspecified atom stereocenters. The van der Waals surface area contributed by atoms with E-state index in [2.05, 4.69) is 11.0 Å². The number of piperidine rings is 1. The summed E-state index contributed by atoms with van der Waals surface area (Å²) in [5, 5.41) is 8.79. The molecule has 1 aliphatic carbocycles. The molecule has 20 heavy (non-hydrogen) atoms. The largest absolute Gasteiger partial charge is 0.490 e. The Morgan fingerprint density at radius 3 is 2.25 bits per heavy atom. The number of benzene rings is 1. The number of hydrogen-bond donors (Lipinski definition) is 0. The molecule has 2 fully saturated rings. The lowest BCUT2D eigenvalue weighted by atomic mass is 10.0. The Bertz CT molecular complexity index is 463. The van der Waals surface area contributed by atoms with Crippen molar-refractivity contribution in [1.82, 2.24) is 4.90 Å². The molecule has 2 aliphatic rings. The van der Waals surface area contributed by atoms with Gasteiger partial charge in [0.15, 0.2) is 0 Å². The molecule has 1 saturated carbocycles. The van der Waals surface area contributed by atoms with Gasteiger partial charge in [-0.25, -0.2) is 0 Å². The van der Waals surface area contributed by atoms with Crippen LogP contribution in [0.15, 0.2) is 24.3 Å². The molecule has 1 aliphatic heterocycles. The molecule has 3 rings (SSSR count). The second-order valence-electron chi connectivity index (χ2n) is 5.93. The zero-order valence-corrected chi connectivity index (χ0v) is 11.9. The third kappa shape index (κ3) is 3.13. The van der Waals surface area contributed by atoms with Gasteiger partial charge in [0.25, 0.3) is 0 Å². The van der Waals surface area contributed by atoms with Crippen molar-refractivity contribution in [1.29, 1.82) is 5.26 Å². The normalized spacial score (nSPS) is 21.8. The smallest absolute Gasteiger partial charge is 0.119 e. The molecule has 0 radical (unpaired) electrons. The first-order valence-corrected chi connectivity index (χ1v) is 7.76. The van der Waals surface area contributed by atoms with E-state index in [1.807, 2.05) is 24.3 Å². The van der Waals surface area contributed by atoms with Crippen LogP contribution in [-0.4, -0.2) is 30.1 Å². The van der Waals surface area contributed by atoms with E-state index >= 15 is 0 Å². The van der Waals surface area contributed by atoms with Gasteiger partial charge in [0.1, 0.15) is 11.9 Å². The van der Waals surface area contributed by atoms with E-state index in [0.29, 0.717) is 11.7 Å². The number of hydrogen-bond acceptors (Lipinski definition) is 3. The van der Waals surface area contributed by atoms with Crippen LogP contribution < -0.4 is 4.74 Å². The van der Waals surface area contributed by atoms with Gasteiger partial charge in [-0.05, 0) is 49.9 Å². The SMILES string of the molecule is N#Cc1ccc(OC2CCN(C3CCCC3)CC2)cc1. The standard InChI is InChI=1S/C17H22N2O/c18-13-14-5-7-16(8-6-14)20-17-9-11-19(12-10-17)15-3-1-2-4-15/h5-8,15,17H,1-4,9-12H2. The summed E-state index contributed by atoms with van der Waals surface area (Å²) < 4.78 is 6.03. The second kappa shape index (κ2) is 6.28. The van der Waals surface area contributed by atoms with Crippen molar-refractivity contribution in [2.75, 3.05) is 13.1 Å². The Hall–Kier alpha value is -1.53. The predicted molar refractivity (Wildman–Crippen MR) is 78.6 cm³/mol. The first kappa shape index (κ1) is 13.5. The molecule has 0 atom stereocenters. The first-order valence-electron chi connectivity index (χ1n) is 7.76. The molecule has 0 N–H and O–H groups in total. The van der Waals surface area contributed by atoms with E-state index in [1.165, 1.54) is 38.8 Å². The molecule has 106 valence electrons. The Morgan fingerprint density at radius 1 is 1.00 bits per heavy atom. The van der Waals surface area contributed by atoms with Gasteiger partial charge in [-0.15, -0.1) is 0 Å². The molecule has 1 aromatic rings. The minimum absolute atomic E-state index is 0.334. The second-order valence-corrected chi connectivity index (χ2v) is 5.93. The van der Waals surface area contributed by atoms with Crippen molar-refractivity contribution in [3.05, 3.63) is 29.8 Å². The fraction of sp³-hybridized carbons (Fsp3) is 0.588. The number of ether oxygens (including phenoxy) is 1. The average molecular weight is 270 g/mol. The summed E-state index contributed by atoms with van der Waals surface area (Å²) in [5.41, 5.74) is 0.688. The minimum Gasteiger partial charge on any atom is -0.490 e. The third-order valence-electron chi connectivity index (χ3n) is 4.60. The molecule has 0 bridgehead atoms. The molecule has 0 aromatic heterocycles. The van der Waals surface area contributed by atoms with Gasteiger partial charge in [0.2, 0.25) is 0 Å². The van der Waals surface area contributed by atoms with Crippen LogP contribution in [0.3, 0.4) is 0 Å². The summed E-state index contributed by atoms with van der Waals surface area (Å²) in [4.78, 5) is 2.66. The minimum atomic E-state index is 0.334. The zero-order chi connectivity index (χ0) is 13.8. The van der Waals surface area contributed by atoms with Crippen LogP contribution in [0.25, 0.3) is 0 Å². The Labute approximate surface area is 121 Å². The van der Waals surface area contributed by atoms with Gasteiger partial charge < -0.3 is 9.64 Å². The lowest BCUT2D eigenvalue weighted by molar-refractivity contribution is 0.0768. The molecular weight excluding hydrogens is 248 g/mol. The molecule has 3 heteroatoms. The van der Waals surface area contributed by atoms with Gasteiger partial charge in [0.05, 0.1) is 11.6 Å². The fourth-order valence-corrected chi connectivity index (χ4v) is 3.43. The van der Waals surface area contributed by atoms with E-state index in [-0.39, 0.29) is 0 Å². The van der Waals surface area contributed by atoms with E-state index in [0.717, 1.165) is 24.6 Å². The predicted octanol–water partition coefficient (Wildman–Crippen LogP) is 3.34. The van der Waals surface area contributed by atoms with Crippen LogP contribution in [-0.2, 0) is 0 Å². The monoisotopic (exact) mass is 270 g/mol. The van der Waals surface area contributed by atoms with E-state index in [1.54, 1.807) is 0 Å². The summed E-state index contributed by atoms with van der Waals surface area (Å²) in [6, 6.07) is 10.4. The first-order chi connectivity index (χ1) is 9.85. The summed E-state index contributed by atoms with van der Waals surface area (Å²) in [5.74, 6) is 0.892. The maximum atomic E-state index is 8.79. The fourth-order valence-electron chi connectivity index (χ4n) is 3.43. The number of likely N-dealkylation sites (tertiary alicyclic amines) is 1. The highest BCUT2D eigenvalue weighted by atomic mass is 16.5. The van der Waals surface area contributed by atoms with Crippen molar-refractivity contribution in [3.63, 3.8) is 0 Å². The van der Waals surface area contributed by atoms with Crippen molar-refractivity contribution in [3.8, 4) is 11.8 Å². The van der Waals surface area contributed by atoms with Crippen LogP contribution in [0, 0.1) is 11.3 Å². The lowest BCUT2D eigenvalue weighted by Crippen LogP contribution is -2.43. The highest BCUT2D eigenvalue weighted by molar-refractivity contribution is 5.34. The molecule has 0 spiro atoms. The van der Waals surface area contributed by atoms with Crippen LogP contribution in [0.5, 0.6) is 5.75 Å². The Balaban J connectivity index is 1.49. The number of rotatable bonds is 3. The molecule has 1 saturated heterocycles. The van der Waals surface area contributed by atoms with Crippen molar-refractivity contribution in [2.24, 2.45) is 0 Å². The van der Waals surface area contributed by atoms with Gasteiger partial charge in [0, 0.05) is 19.1 Å². The quantitative estimate of drug-likeness (QED) is 0.845. The molecule has 1 aromatic carbocycles. The lowest BCUT2D eigenvalue weighted by Gasteiger charge is -2.36. The van der Waals surface area contributed by atoms with Crippen molar-refractivity contribution in [2.45, 2.75) is 50.7 Å². The van der Waals surface area contributed by atoms with Crippen LogP contribution >= 0.6 is 0 Å². The Kier molecular flexibility index (Phi) is 4.22. The maximum absolute atomic E-state index is 8.79. The van der Waals surface area contributed by atoms with E-state index < -0.39 is 0 Å². The average Bonchev–Trinajstić information content (AvgIpc) is 3.03. The van der Waals surface area contributed by atoms with Crippen LogP contribution in [0.1, 0.15) is 44.1 Å². The summed E-state index contributed by atoms with van der Waals surface area (Å²) in [6.07, 6.45) is 8.18. The van der Waals surface area contributed by atoms with Gasteiger partial charge in [-0.1, -0.05) is 12.8 Å². The summed E-state index contributed by atoms with van der Waals surface area (Å²) in [7, 11) is 0. The molecule has 1 heterocycles. The van der Waals surface area contributed by atoms with Gasteiger partial charge in [-0.3, -0.25) is 0 Å². The summed E-state index contributed by atoms with van der Waals surface area (Å²) in [6.45, 7) is 2.34. The maximum Gasteiger partial charge on any atom is 0.119 e. The number of nitriles is 1. The zero-order valence-electron chi connectivity index (χ0n) is 11.9. The van der Waals surface area contributed by atoms with Gasteiger partial charge in [-0.2, -0.15) is 5.26 Å². The highest BCUT2D eigenvalue weighted by Crippen LogP contribution is 2.27. The van der Waals surface area contributed by atoms with E-state index in [4.69, 9.17) is 10.00 Å². The van der Waals surface area contributed by atoms with Crippen LogP contribution in [0.4, 0.5) is 0 Å². The Morgan fingerprint density at radius 2 is 1.65 bits per heavy atom. The summed E-state index contributed by atoms with van der Waals surface area (Å²) >= 11 is 0. The molecule has 3 nitrogen and oxygen atoms in total. The van der Waals surface area contributed by atoms with E-state index in [9.17, 15) is 0 Å². The third-order valence-corrected chi connectivity index (χ3v) is 4.60.